The smallest absolute Gasteiger partial charge is 0.324 e. The SMILES string of the molecule is COc1ccc(NC(=S)Nc2nnc(-c3ccc([N+](=O)[O-])s3)s2)cc1. The van der Waals surface area contributed by atoms with E-state index in [9.17, 15) is 10.1 Å². The molecule has 11 heteroatoms. The number of methoxy groups -OCH3 is 1. The summed E-state index contributed by atoms with van der Waals surface area (Å²) in [6, 6.07) is 10.4. The second-order valence-corrected chi connectivity index (χ2v) is 7.06. The Morgan fingerprint density at radius 2 is 1.92 bits per heavy atom. The third-order valence-corrected chi connectivity index (χ3v) is 5.22. The van der Waals surface area contributed by atoms with Crippen LogP contribution in [0.5, 0.6) is 5.75 Å². The quantitative estimate of drug-likeness (QED) is 0.381. The van der Waals surface area contributed by atoms with Crippen molar-refractivity contribution in [3.63, 3.8) is 0 Å². The Morgan fingerprint density at radius 3 is 2.56 bits per heavy atom. The average molecular weight is 393 g/mol. The second-order valence-electron chi connectivity index (χ2n) is 4.61. The first-order valence-corrected chi connectivity index (χ1v) is 8.89. The van der Waals surface area contributed by atoms with Crippen molar-refractivity contribution >= 4 is 55.8 Å². The number of benzene rings is 1. The molecule has 1 aromatic carbocycles. The molecule has 0 radical (unpaired) electrons. The zero-order chi connectivity index (χ0) is 17.8. The van der Waals surface area contributed by atoms with Gasteiger partial charge in [0.2, 0.25) is 5.13 Å². The van der Waals surface area contributed by atoms with Gasteiger partial charge in [-0.05, 0) is 42.5 Å². The summed E-state index contributed by atoms with van der Waals surface area (Å²) >= 11 is 7.56. The first kappa shape index (κ1) is 17.2. The molecule has 0 amide bonds. The maximum Gasteiger partial charge on any atom is 0.324 e. The van der Waals surface area contributed by atoms with E-state index >= 15 is 0 Å². The van der Waals surface area contributed by atoms with Crippen LogP contribution in [0.3, 0.4) is 0 Å². The molecule has 0 aliphatic carbocycles. The molecule has 0 saturated heterocycles. The van der Waals surface area contributed by atoms with Crippen LogP contribution in [-0.4, -0.2) is 27.3 Å². The van der Waals surface area contributed by atoms with Crippen LogP contribution in [0.25, 0.3) is 9.88 Å². The van der Waals surface area contributed by atoms with E-state index < -0.39 is 4.92 Å². The van der Waals surface area contributed by atoms with Gasteiger partial charge in [0, 0.05) is 11.8 Å². The van der Waals surface area contributed by atoms with Gasteiger partial charge in [-0.1, -0.05) is 22.7 Å². The van der Waals surface area contributed by atoms with Crippen molar-refractivity contribution in [3.8, 4) is 15.6 Å². The van der Waals surface area contributed by atoms with E-state index in [0.717, 1.165) is 22.8 Å². The summed E-state index contributed by atoms with van der Waals surface area (Å²) in [5.74, 6) is 0.753. The molecule has 0 unspecified atom stereocenters. The van der Waals surface area contributed by atoms with E-state index in [1.807, 2.05) is 24.3 Å². The molecule has 0 aliphatic heterocycles. The number of aromatic nitrogens is 2. The minimum absolute atomic E-state index is 0.0661. The highest BCUT2D eigenvalue weighted by molar-refractivity contribution is 7.80. The molecule has 2 N–H and O–H groups in total. The number of hydrogen-bond acceptors (Lipinski definition) is 8. The number of anilines is 2. The molecule has 0 aliphatic rings. The highest BCUT2D eigenvalue weighted by Gasteiger charge is 2.15. The monoisotopic (exact) mass is 393 g/mol. The lowest BCUT2D eigenvalue weighted by Gasteiger charge is -2.08. The zero-order valence-corrected chi connectivity index (χ0v) is 15.2. The molecule has 0 spiro atoms. The number of thiophene rings is 1. The van der Waals surface area contributed by atoms with Gasteiger partial charge < -0.3 is 15.4 Å². The highest BCUT2D eigenvalue weighted by Crippen LogP contribution is 2.35. The largest absolute Gasteiger partial charge is 0.497 e. The predicted molar refractivity (Wildman–Crippen MR) is 103 cm³/mol. The van der Waals surface area contributed by atoms with Crippen molar-refractivity contribution in [2.75, 3.05) is 17.7 Å². The van der Waals surface area contributed by atoms with Gasteiger partial charge in [-0.15, -0.1) is 10.2 Å². The first-order chi connectivity index (χ1) is 12.0. The van der Waals surface area contributed by atoms with E-state index in [1.54, 1.807) is 13.2 Å². The Hall–Kier alpha value is -2.63. The van der Waals surface area contributed by atoms with E-state index in [1.165, 1.54) is 17.4 Å². The van der Waals surface area contributed by atoms with Crippen LogP contribution in [0, 0.1) is 10.1 Å². The van der Waals surface area contributed by atoms with Crippen molar-refractivity contribution in [1.29, 1.82) is 0 Å². The summed E-state index contributed by atoms with van der Waals surface area (Å²) in [7, 11) is 1.60. The number of nitrogens with zero attached hydrogens (tertiary/aromatic N) is 3. The molecule has 3 aromatic rings. The van der Waals surface area contributed by atoms with Crippen LogP contribution in [0.2, 0.25) is 0 Å². The Balaban J connectivity index is 1.63. The van der Waals surface area contributed by atoms with Gasteiger partial charge in [0.25, 0.3) is 0 Å². The lowest BCUT2D eigenvalue weighted by Crippen LogP contribution is -2.18. The van der Waals surface area contributed by atoms with Crippen LogP contribution in [0.15, 0.2) is 36.4 Å². The fourth-order valence-electron chi connectivity index (χ4n) is 1.85. The van der Waals surface area contributed by atoms with Crippen molar-refractivity contribution in [2.24, 2.45) is 0 Å². The Labute approximate surface area is 155 Å². The third kappa shape index (κ3) is 4.26. The Bertz CT molecular complexity index is 907. The summed E-state index contributed by atoms with van der Waals surface area (Å²) in [4.78, 5) is 11.0. The first-order valence-electron chi connectivity index (χ1n) is 6.85. The Morgan fingerprint density at radius 1 is 1.16 bits per heavy atom. The van der Waals surface area contributed by atoms with Crippen LogP contribution >= 0.6 is 34.9 Å². The standard InChI is InChI=1S/C14H11N5O3S3/c1-22-9-4-2-8(3-5-9)15-13(23)16-14-18-17-12(25-14)10-6-7-11(24-10)19(20)21/h2-7H,1H3,(H2,15,16,18,23). The van der Waals surface area contributed by atoms with Crippen LogP contribution in [0.1, 0.15) is 0 Å². The van der Waals surface area contributed by atoms with E-state index in [4.69, 9.17) is 17.0 Å². The number of thiocarbonyl (C=S) groups is 1. The van der Waals surface area contributed by atoms with Crippen molar-refractivity contribution in [1.82, 2.24) is 10.2 Å². The molecular weight excluding hydrogens is 382 g/mol. The average Bonchev–Trinajstić information content (AvgIpc) is 3.24. The summed E-state index contributed by atoms with van der Waals surface area (Å²) in [5.41, 5.74) is 0.803. The predicted octanol–water partition coefficient (Wildman–Crippen LogP) is 3.99. The van der Waals surface area contributed by atoms with Crippen molar-refractivity contribution < 1.29 is 9.66 Å². The lowest BCUT2D eigenvalue weighted by molar-refractivity contribution is -0.380. The molecule has 0 bridgehead atoms. The van der Waals surface area contributed by atoms with Crippen LogP contribution < -0.4 is 15.4 Å². The van der Waals surface area contributed by atoms with E-state index in [2.05, 4.69) is 20.8 Å². The topological polar surface area (TPSA) is 102 Å². The molecule has 3 rings (SSSR count). The summed E-state index contributed by atoms with van der Waals surface area (Å²) in [6.07, 6.45) is 0. The molecule has 0 atom stereocenters. The fraction of sp³-hybridized carbons (Fsp3) is 0.0714. The normalized spacial score (nSPS) is 10.3. The van der Waals surface area contributed by atoms with Gasteiger partial charge in [0.1, 0.15) is 5.75 Å². The lowest BCUT2D eigenvalue weighted by atomic mass is 10.3. The number of rotatable bonds is 5. The molecular formula is C14H11N5O3S3. The molecule has 128 valence electrons. The summed E-state index contributed by atoms with van der Waals surface area (Å²) in [6.45, 7) is 0. The van der Waals surface area contributed by atoms with Gasteiger partial charge in [-0.3, -0.25) is 10.1 Å². The highest BCUT2D eigenvalue weighted by atomic mass is 32.1. The fourth-order valence-corrected chi connectivity index (χ4v) is 3.75. The molecule has 25 heavy (non-hydrogen) atoms. The maximum absolute atomic E-state index is 10.7. The molecule has 8 nitrogen and oxygen atoms in total. The zero-order valence-electron chi connectivity index (χ0n) is 12.8. The molecule has 2 aromatic heterocycles. The van der Waals surface area contributed by atoms with Gasteiger partial charge in [-0.25, -0.2) is 0 Å². The van der Waals surface area contributed by atoms with Gasteiger partial charge in [0.15, 0.2) is 10.1 Å². The van der Waals surface area contributed by atoms with Gasteiger partial charge >= 0.3 is 5.00 Å². The summed E-state index contributed by atoms with van der Waals surface area (Å²) < 4.78 is 5.10. The van der Waals surface area contributed by atoms with Crippen molar-refractivity contribution in [2.45, 2.75) is 0 Å². The minimum atomic E-state index is -0.428. The van der Waals surface area contributed by atoms with Crippen molar-refractivity contribution in [3.05, 3.63) is 46.5 Å². The summed E-state index contributed by atoms with van der Waals surface area (Å²) in [5, 5.41) is 26.3. The molecule has 2 heterocycles. The van der Waals surface area contributed by atoms with Gasteiger partial charge in [-0.2, -0.15) is 0 Å². The Kier molecular flexibility index (Phi) is 5.16. The van der Waals surface area contributed by atoms with Gasteiger partial charge in [0.05, 0.1) is 16.9 Å². The van der Waals surface area contributed by atoms with E-state index in [-0.39, 0.29) is 5.00 Å². The maximum atomic E-state index is 10.7. The van der Waals surface area contributed by atoms with Crippen LogP contribution in [-0.2, 0) is 0 Å². The number of hydrogen-bond donors (Lipinski definition) is 2. The van der Waals surface area contributed by atoms with Crippen LogP contribution in [0.4, 0.5) is 15.8 Å². The minimum Gasteiger partial charge on any atom is -0.497 e. The molecule has 0 saturated carbocycles. The number of ether oxygens (including phenoxy) is 1. The van der Waals surface area contributed by atoms with E-state index in [0.29, 0.717) is 20.1 Å². The molecule has 0 fully saturated rings. The number of nitro groups is 1. The second kappa shape index (κ2) is 7.51. The third-order valence-electron chi connectivity index (χ3n) is 2.98. The number of nitrogens with one attached hydrogen (secondary N) is 2.